The van der Waals surface area contributed by atoms with E-state index in [1.165, 1.54) is 0 Å². The first-order valence-corrected chi connectivity index (χ1v) is 3.65. The third-order valence-corrected chi connectivity index (χ3v) is 2.40. The van der Waals surface area contributed by atoms with Gasteiger partial charge in [0, 0.05) is 11.2 Å². The van der Waals surface area contributed by atoms with Crippen LogP contribution in [-0.2, 0) is 4.79 Å². The van der Waals surface area contributed by atoms with Crippen LogP contribution < -0.4 is 0 Å². The van der Waals surface area contributed by atoms with E-state index in [9.17, 15) is 4.79 Å². The Bertz CT molecular complexity index is 82.1. The van der Waals surface area contributed by atoms with Gasteiger partial charge in [-0.15, -0.1) is 0 Å². The molecular formula is C5H8OS. The summed E-state index contributed by atoms with van der Waals surface area (Å²) in [7, 11) is 0. The van der Waals surface area contributed by atoms with E-state index in [0.717, 1.165) is 12.7 Å². The number of hydrogen-bond donors (Lipinski definition) is 0. The van der Waals surface area contributed by atoms with E-state index in [0.29, 0.717) is 11.2 Å². The zero-order chi connectivity index (χ0) is 5.28. The minimum Gasteiger partial charge on any atom is -0.303 e. The predicted molar refractivity (Wildman–Crippen MR) is 31.5 cm³/mol. The van der Waals surface area contributed by atoms with Gasteiger partial charge in [-0.2, -0.15) is 11.8 Å². The first kappa shape index (κ1) is 5.16. The fraction of sp³-hybridized carbons (Fsp3) is 0.800. The molecule has 0 spiro atoms. The molecule has 0 N–H and O–H groups in total. The second-order valence-corrected chi connectivity index (χ2v) is 2.89. The van der Waals surface area contributed by atoms with E-state index >= 15 is 0 Å². The molecule has 2 heteroatoms. The van der Waals surface area contributed by atoms with Crippen molar-refractivity contribution < 1.29 is 4.79 Å². The van der Waals surface area contributed by atoms with Crippen molar-refractivity contribution in [3.8, 4) is 0 Å². The highest BCUT2D eigenvalue weighted by atomic mass is 32.2. The maximum Gasteiger partial charge on any atom is 0.124 e. The van der Waals surface area contributed by atoms with Gasteiger partial charge >= 0.3 is 0 Å². The Kier molecular flexibility index (Phi) is 1.38. The summed E-state index contributed by atoms with van der Waals surface area (Å²) in [5.74, 6) is 0.398. The molecule has 0 aromatic rings. The van der Waals surface area contributed by atoms with Gasteiger partial charge in [-0.3, -0.25) is 0 Å². The quantitative estimate of drug-likeness (QED) is 0.499. The summed E-state index contributed by atoms with van der Waals surface area (Å²) in [6, 6.07) is 0. The van der Waals surface area contributed by atoms with E-state index in [4.69, 9.17) is 0 Å². The molecule has 0 radical (unpaired) electrons. The lowest BCUT2D eigenvalue weighted by atomic mass is 10.5. The van der Waals surface area contributed by atoms with Crippen LogP contribution in [0.4, 0.5) is 0 Å². The predicted octanol–water partition coefficient (Wildman–Crippen LogP) is 0.937. The SMILES string of the molecule is CS[C@H]1C[C@@H]1C=O. The number of aldehydes is 1. The van der Waals surface area contributed by atoms with Crippen LogP contribution in [0.1, 0.15) is 6.42 Å². The number of carbonyl (C=O) groups is 1. The van der Waals surface area contributed by atoms with Crippen molar-refractivity contribution in [3.63, 3.8) is 0 Å². The van der Waals surface area contributed by atoms with Gasteiger partial charge in [0.1, 0.15) is 6.29 Å². The van der Waals surface area contributed by atoms with Crippen molar-refractivity contribution in [1.29, 1.82) is 0 Å². The highest BCUT2D eigenvalue weighted by molar-refractivity contribution is 7.99. The molecule has 0 bridgehead atoms. The maximum atomic E-state index is 9.92. The zero-order valence-electron chi connectivity index (χ0n) is 4.26. The largest absolute Gasteiger partial charge is 0.303 e. The van der Waals surface area contributed by atoms with E-state index in [2.05, 4.69) is 0 Å². The summed E-state index contributed by atoms with van der Waals surface area (Å²) < 4.78 is 0. The molecular weight excluding hydrogens is 108 g/mol. The Morgan fingerprint density at radius 2 is 2.57 bits per heavy atom. The van der Waals surface area contributed by atoms with Crippen molar-refractivity contribution in [3.05, 3.63) is 0 Å². The smallest absolute Gasteiger partial charge is 0.124 e. The lowest BCUT2D eigenvalue weighted by Crippen LogP contribution is -1.79. The number of thioether (sulfide) groups is 1. The summed E-state index contributed by atoms with van der Waals surface area (Å²) >= 11 is 1.79. The van der Waals surface area contributed by atoms with Gasteiger partial charge < -0.3 is 4.79 Å². The molecule has 1 saturated carbocycles. The van der Waals surface area contributed by atoms with Crippen molar-refractivity contribution in [2.75, 3.05) is 6.26 Å². The molecule has 0 unspecified atom stereocenters. The summed E-state index contributed by atoms with van der Waals surface area (Å²) in [4.78, 5) is 9.92. The van der Waals surface area contributed by atoms with Gasteiger partial charge in [0.2, 0.25) is 0 Å². The van der Waals surface area contributed by atoms with E-state index in [-0.39, 0.29) is 0 Å². The van der Waals surface area contributed by atoms with E-state index in [1.807, 2.05) is 6.26 Å². The second-order valence-electron chi connectivity index (χ2n) is 1.81. The van der Waals surface area contributed by atoms with Crippen LogP contribution in [0, 0.1) is 5.92 Å². The fourth-order valence-electron chi connectivity index (χ4n) is 0.604. The van der Waals surface area contributed by atoms with E-state index in [1.54, 1.807) is 11.8 Å². The number of carbonyl (C=O) groups excluding carboxylic acids is 1. The van der Waals surface area contributed by atoms with Crippen LogP contribution in [0.2, 0.25) is 0 Å². The minimum absolute atomic E-state index is 0.398. The molecule has 7 heavy (non-hydrogen) atoms. The molecule has 1 aliphatic carbocycles. The fourth-order valence-corrected chi connectivity index (χ4v) is 1.43. The highest BCUT2D eigenvalue weighted by Gasteiger charge is 2.35. The molecule has 1 aliphatic rings. The van der Waals surface area contributed by atoms with Gasteiger partial charge in [0.15, 0.2) is 0 Å². The third kappa shape index (κ3) is 0.969. The van der Waals surface area contributed by atoms with Crippen molar-refractivity contribution >= 4 is 18.0 Å². The Hall–Kier alpha value is 0.0200. The Balaban J connectivity index is 2.17. The molecule has 0 aliphatic heterocycles. The Morgan fingerprint density at radius 3 is 2.71 bits per heavy atom. The average Bonchev–Trinajstić information content (AvgIpc) is 2.43. The molecule has 1 rings (SSSR count). The topological polar surface area (TPSA) is 17.1 Å². The molecule has 0 saturated heterocycles. The van der Waals surface area contributed by atoms with Crippen LogP contribution >= 0.6 is 11.8 Å². The molecule has 0 aromatic heterocycles. The second kappa shape index (κ2) is 1.86. The van der Waals surface area contributed by atoms with Crippen molar-refractivity contribution in [2.24, 2.45) is 5.92 Å². The van der Waals surface area contributed by atoms with Gasteiger partial charge in [-0.1, -0.05) is 0 Å². The van der Waals surface area contributed by atoms with E-state index < -0.39 is 0 Å². The first-order valence-electron chi connectivity index (χ1n) is 2.36. The normalized spacial score (nSPS) is 37.9. The lowest BCUT2D eigenvalue weighted by molar-refractivity contribution is -0.108. The molecule has 1 fully saturated rings. The summed E-state index contributed by atoms with van der Waals surface area (Å²) in [6.07, 6.45) is 4.22. The first-order chi connectivity index (χ1) is 3.38. The van der Waals surface area contributed by atoms with Crippen molar-refractivity contribution in [2.45, 2.75) is 11.7 Å². The summed E-state index contributed by atoms with van der Waals surface area (Å²) in [5.41, 5.74) is 0. The molecule has 0 aromatic carbocycles. The van der Waals surface area contributed by atoms with Gasteiger partial charge in [0.05, 0.1) is 0 Å². The molecule has 1 nitrogen and oxygen atoms in total. The molecule has 0 heterocycles. The van der Waals surface area contributed by atoms with Crippen LogP contribution in [0.3, 0.4) is 0 Å². The Labute approximate surface area is 47.5 Å². The van der Waals surface area contributed by atoms with Gasteiger partial charge in [0.25, 0.3) is 0 Å². The van der Waals surface area contributed by atoms with Crippen LogP contribution in [0.15, 0.2) is 0 Å². The monoisotopic (exact) mass is 116 g/mol. The van der Waals surface area contributed by atoms with Crippen LogP contribution in [-0.4, -0.2) is 17.8 Å². The van der Waals surface area contributed by atoms with Crippen LogP contribution in [0.25, 0.3) is 0 Å². The standard InChI is InChI=1S/C5H8OS/c1-7-5-2-4(5)3-6/h3-5H,2H2,1H3/t4-,5+/m1/s1. The minimum atomic E-state index is 0.398. The summed E-state index contributed by atoms with van der Waals surface area (Å²) in [6.45, 7) is 0. The third-order valence-electron chi connectivity index (χ3n) is 1.26. The van der Waals surface area contributed by atoms with Crippen LogP contribution in [0.5, 0.6) is 0 Å². The number of rotatable bonds is 2. The van der Waals surface area contributed by atoms with Gasteiger partial charge in [-0.05, 0) is 12.7 Å². The Morgan fingerprint density at radius 1 is 1.86 bits per heavy atom. The lowest BCUT2D eigenvalue weighted by Gasteiger charge is -1.79. The summed E-state index contributed by atoms with van der Waals surface area (Å²) in [5, 5.41) is 0.664. The zero-order valence-corrected chi connectivity index (χ0v) is 5.07. The average molecular weight is 116 g/mol. The maximum absolute atomic E-state index is 9.92. The molecule has 0 amide bonds. The molecule has 2 atom stereocenters. The van der Waals surface area contributed by atoms with Gasteiger partial charge in [-0.25, -0.2) is 0 Å². The molecule has 40 valence electrons. The highest BCUT2D eigenvalue weighted by Crippen LogP contribution is 2.38. The van der Waals surface area contributed by atoms with Crippen molar-refractivity contribution in [1.82, 2.24) is 0 Å². The number of hydrogen-bond acceptors (Lipinski definition) is 2.